The van der Waals surface area contributed by atoms with E-state index in [4.69, 9.17) is 18.0 Å². The molecule has 9 heteroatoms. The zero-order chi connectivity index (χ0) is 22.7. The van der Waals surface area contributed by atoms with Crippen molar-refractivity contribution >= 4 is 28.7 Å². The van der Waals surface area contributed by atoms with E-state index in [-0.39, 0.29) is 16.5 Å². The van der Waals surface area contributed by atoms with Crippen molar-refractivity contribution in [2.45, 2.75) is 6.18 Å². The van der Waals surface area contributed by atoms with Crippen LogP contribution in [0.15, 0.2) is 95.2 Å². The highest BCUT2D eigenvalue weighted by molar-refractivity contribution is 7.80. The molecule has 0 radical (unpaired) electrons. The van der Waals surface area contributed by atoms with Gasteiger partial charge in [-0.25, -0.2) is 4.68 Å². The summed E-state index contributed by atoms with van der Waals surface area (Å²) in [6.07, 6.45) is -4.57. The van der Waals surface area contributed by atoms with Gasteiger partial charge in [-0.15, -0.1) is 10.2 Å². The quantitative estimate of drug-likeness (QED) is 0.276. The highest BCUT2D eigenvalue weighted by Gasteiger charge is 2.33. The van der Waals surface area contributed by atoms with Crippen molar-refractivity contribution in [1.29, 1.82) is 0 Å². The fourth-order valence-electron chi connectivity index (χ4n) is 3.21. The van der Waals surface area contributed by atoms with Crippen molar-refractivity contribution < 1.29 is 13.2 Å². The smallest absolute Gasteiger partial charge is 0.374 e. The number of benzene rings is 3. The monoisotopic (exact) mass is 451 g/mol. The summed E-state index contributed by atoms with van der Waals surface area (Å²) in [7, 11) is 0. The number of hydrogen-bond acceptors (Lipinski definition) is 4. The Labute approximate surface area is 187 Å². The van der Waals surface area contributed by atoms with Crippen molar-refractivity contribution in [2.75, 3.05) is 0 Å². The van der Waals surface area contributed by atoms with Crippen molar-refractivity contribution in [1.82, 2.24) is 9.78 Å². The Morgan fingerprint density at radius 1 is 0.812 bits per heavy atom. The summed E-state index contributed by atoms with van der Waals surface area (Å²) in [5.41, 5.74) is 7.19. The van der Waals surface area contributed by atoms with E-state index >= 15 is 0 Å². The van der Waals surface area contributed by atoms with Crippen LogP contribution in [0.2, 0.25) is 0 Å². The van der Waals surface area contributed by atoms with Gasteiger partial charge >= 0.3 is 6.18 Å². The SMILES string of the molecule is NC(=S)n1nc(-c2ccccc2)c(N=Nc2ccccc2C(F)(F)F)c1-c1ccccc1. The molecule has 4 rings (SSSR count). The lowest BCUT2D eigenvalue weighted by Gasteiger charge is -2.09. The molecule has 2 N–H and O–H groups in total. The molecular weight excluding hydrogens is 435 g/mol. The number of azo groups is 1. The first-order valence-electron chi connectivity index (χ1n) is 9.48. The second-order valence-electron chi connectivity index (χ2n) is 6.74. The lowest BCUT2D eigenvalue weighted by atomic mass is 10.1. The number of thiocarbonyl (C=S) groups is 1. The molecular formula is C23H16F3N5S. The summed E-state index contributed by atoms with van der Waals surface area (Å²) in [4.78, 5) is 0. The van der Waals surface area contributed by atoms with Crippen LogP contribution in [0.4, 0.5) is 24.5 Å². The number of hydrogen-bond donors (Lipinski definition) is 1. The van der Waals surface area contributed by atoms with Gasteiger partial charge in [0.05, 0.1) is 11.3 Å². The molecule has 0 unspecified atom stereocenters. The van der Waals surface area contributed by atoms with E-state index in [0.717, 1.165) is 6.07 Å². The van der Waals surface area contributed by atoms with Crippen LogP contribution in [0.5, 0.6) is 0 Å². The first-order valence-corrected chi connectivity index (χ1v) is 9.88. The third-order valence-electron chi connectivity index (χ3n) is 4.63. The van der Waals surface area contributed by atoms with Crippen LogP contribution in [0.25, 0.3) is 22.5 Å². The van der Waals surface area contributed by atoms with Crippen LogP contribution in [0, 0.1) is 0 Å². The number of alkyl halides is 3. The fourth-order valence-corrected chi connectivity index (χ4v) is 3.35. The number of rotatable bonds is 4. The van der Waals surface area contributed by atoms with E-state index in [1.165, 1.54) is 22.9 Å². The van der Waals surface area contributed by atoms with Gasteiger partial charge in [0.2, 0.25) is 0 Å². The average molecular weight is 451 g/mol. The molecule has 0 bridgehead atoms. The van der Waals surface area contributed by atoms with Crippen LogP contribution in [0.1, 0.15) is 5.56 Å². The van der Waals surface area contributed by atoms with E-state index in [0.29, 0.717) is 22.5 Å². The summed E-state index contributed by atoms with van der Waals surface area (Å²) in [5.74, 6) is 0. The molecule has 1 aromatic heterocycles. The normalized spacial score (nSPS) is 11.7. The molecule has 32 heavy (non-hydrogen) atoms. The standard InChI is InChI=1S/C23H16F3N5S/c24-23(25,26)17-13-7-8-14-18(17)28-29-20-19(15-9-3-1-4-10-15)30-31(22(27)32)21(20)16-11-5-2-6-12-16/h1-14H,(H2,27,32). The molecule has 3 aromatic carbocycles. The third-order valence-corrected chi connectivity index (χ3v) is 4.80. The molecule has 0 saturated heterocycles. The van der Waals surface area contributed by atoms with Gasteiger partial charge in [0.1, 0.15) is 17.1 Å². The predicted molar refractivity (Wildman–Crippen MR) is 121 cm³/mol. The molecule has 0 aliphatic carbocycles. The molecule has 0 aliphatic heterocycles. The van der Waals surface area contributed by atoms with Crippen LogP contribution < -0.4 is 5.73 Å². The maximum atomic E-state index is 13.4. The largest absolute Gasteiger partial charge is 0.418 e. The Kier molecular flexibility index (Phi) is 5.83. The Bertz CT molecular complexity index is 1280. The minimum absolute atomic E-state index is 0.0295. The summed E-state index contributed by atoms with van der Waals surface area (Å²) < 4.78 is 41.6. The number of halogens is 3. The maximum absolute atomic E-state index is 13.4. The fraction of sp³-hybridized carbons (Fsp3) is 0.0435. The second-order valence-corrected chi connectivity index (χ2v) is 7.16. The molecule has 4 aromatic rings. The topological polar surface area (TPSA) is 68.6 Å². The lowest BCUT2D eigenvalue weighted by molar-refractivity contribution is -0.137. The zero-order valence-electron chi connectivity index (χ0n) is 16.5. The van der Waals surface area contributed by atoms with Gasteiger partial charge in [0.25, 0.3) is 0 Å². The van der Waals surface area contributed by atoms with Gasteiger partial charge in [-0.3, -0.25) is 0 Å². The highest BCUT2D eigenvalue weighted by atomic mass is 32.1. The van der Waals surface area contributed by atoms with Crippen molar-refractivity contribution in [3.8, 4) is 22.5 Å². The van der Waals surface area contributed by atoms with Gasteiger partial charge in [-0.1, -0.05) is 72.8 Å². The van der Waals surface area contributed by atoms with Gasteiger partial charge in [0, 0.05) is 11.1 Å². The summed E-state index contributed by atoms with van der Waals surface area (Å²) in [6.45, 7) is 0. The molecule has 0 spiro atoms. The van der Waals surface area contributed by atoms with E-state index < -0.39 is 11.7 Å². The molecule has 0 fully saturated rings. The van der Waals surface area contributed by atoms with Gasteiger partial charge in [0.15, 0.2) is 5.11 Å². The first-order chi connectivity index (χ1) is 15.4. The van der Waals surface area contributed by atoms with Gasteiger partial charge in [-0.2, -0.15) is 18.3 Å². The van der Waals surface area contributed by atoms with Crippen molar-refractivity contribution in [3.05, 3.63) is 90.5 Å². The molecule has 1 heterocycles. The Balaban J connectivity index is 1.97. The second kappa shape index (κ2) is 8.72. The van der Waals surface area contributed by atoms with Crippen LogP contribution in [0.3, 0.4) is 0 Å². The van der Waals surface area contributed by atoms with E-state index in [1.54, 1.807) is 0 Å². The van der Waals surface area contributed by atoms with E-state index in [1.807, 2.05) is 60.7 Å². The average Bonchev–Trinajstić information content (AvgIpc) is 3.18. The minimum atomic E-state index is -4.57. The van der Waals surface area contributed by atoms with E-state index in [2.05, 4.69) is 15.3 Å². The number of aromatic nitrogens is 2. The lowest BCUT2D eigenvalue weighted by Crippen LogP contribution is -2.21. The van der Waals surface area contributed by atoms with Crippen LogP contribution in [-0.2, 0) is 6.18 Å². The molecule has 0 atom stereocenters. The summed E-state index contributed by atoms with van der Waals surface area (Å²) in [5, 5.41) is 12.7. The molecule has 0 amide bonds. The first kappa shape index (κ1) is 21.4. The Morgan fingerprint density at radius 2 is 1.38 bits per heavy atom. The summed E-state index contributed by atoms with van der Waals surface area (Å²) >= 11 is 5.18. The van der Waals surface area contributed by atoms with Gasteiger partial charge < -0.3 is 5.73 Å². The molecule has 0 saturated carbocycles. The highest BCUT2D eigenvalue weighted by Crippen LogP contribution is 2.41. The van der Waals surface area contributed by atoms with Crippen LogP contribution >= 0.6 is 12.2 Å². The van der Waals surface area contributed by atoms with Gasteiger partial charge in [-0.05, 0) is 24.4 Å². The Hall–Kier alpha value is -3.85. The maximum Gasteiger partial charge on any atom is 0.418 e. The minimum Gasteiger partial charge on any atom is -0.374 e. The predicted octanol–water partition coefficient (Wildman–Crippen LogP) is 6.74. The molecule has 0 aliphatic rings. The van der Waals surface area contributed by atoms with Crippen LogP contribution in [-0.4, -0.2) is 14.9 Å². The van der Waals surface area contributed by atoms with E-state index in [9.17, 15) is 13.2 Å². The third kappa shape index (κ3) is 4.28. The number of nitrogens with two attached hydrogens (primary N) is 1. The number of nitrogens with zero attached hydrogens (tertiary/aromatic N) is 4. The molecule has 160 valence electrons. The summed E-state index contributed by atoms with van der Waals surface area (Å²) in [6, 6.07) is 23.2. The Morgan fingerprint density at radius 3 is 1.97 bits per heavy atom. The van der Waals surface area contributed by atoms with Crippen molar-refractivity contribution in [2.24, 2.45) is 16.0 Å². The zero-order valence-corrected chi connectivity index (χ0v) is 17.3. The van der Waals surface area contributed by atoms with Crippen molar-refractivity contribution in [3.63, 3.8) is 0 Å². The molecule has 5 nitrogen and oxygen atoms in total.